The second-order valence-electron chi connectivity index (χ2n) is 3.09. The molecule has 1 heterocycles. The number of rotatable bonds is 1. The first kappa shape index (κ1) is 8.64. The van der Waals surface area contributed by atoms with Gasteiger partial charge in [0.05, 0.1) is 12.0 Å². The zero-order valence-corrected chi connectivity index (χ0v) is 7.59. The van der Waals surface area contributed by atoms with Crippen molar-refractivity contribution in [2.45, 2.75) is 6.42 Å². The molecule has 0 spiro atoms. The summed E-state index contributed by atoms with van der Waals surface area (Å²) in [6.45, 7) is 0. The van der Waals surface area contributed by atoms with Crippen LogP contribution >= 0.6 is 0 Å². The van der Waals surface area contributed by atoms with Crippen LogP contribution in [0.1, 0.15) is 12.0 Å². The summed E-state index contributed by atoms with van der Waals surface area (Å²) in [7, 11) is 0. The molecule has 0 aromatic carbocycles. The molecule has 0 N–H and O–H groups in total. The van der Waals surface area contributed by atoms with Crippen molar-refractivity contribution in [2.24, 2.45) is 5.92 Å². The Morgan fingerprint density at radius 1 is 1.36 bits per heavy atom. The summed E-state index contributed by atoms with van der Waals surface area (Å²) in [5.74, 6) is -0.0639. The van der Waals surface area contributed by atoms with Gasteiger partial charge in [-0.3, -0.25) is 0 Å². The summed E-state index contributed by atoms with van der Waals surface area (Å²) in [5.41, 5.74) is 1.94. The molecule has 1 atom stereocenters. The molecule has 0 radical (unpaired) electrons. The molecule has 1 aliphatic rings. The van der Waals surface area contributed by atoms with E-state index in [2.05, 4.69) is 16.0 Å². The maximum absolute atomic E-state index is 8.96. The number of allylic oxidation sites excluding steroid dienone is 4. The summed E-state index contributed by atoms with van der Waals surface area (Å²) >= 11 is 0. The van der Waals surface area contributed by atoms with Crippen molar-refractivity contribution in [1.82, 2.24) is 9.97 Å². The second kappa shape index (κ2) is 3.84. The van der Waals surface area contributed by atoms with Crippen LogP contribution in [0, 0.1) is 17.2 Å². The van der Waals surface area contributed by atoms with Gasteiger partial charge in [-0.05, 0) is 12.0 Å². The van der Waals surface area contributed by atoms with Gasteiger partial charge in [-0.25, -0.2) is 9.97 Å². The number of nitriles is 1. The Balaban J connectivity index is 2.38. The Kier molecular flexibility index (Phi) is 2.37. The van der Waals surface area contributed by atoms with Crippen molar-refractivity contribution >= 4 is 5.57 Å². The molecule has 1 aromatic rings. The normalized spacial score (nSPS) is 19.9. The Labute approximate surface area is 82.4 Å². The van der Waals surface area contributed by atoms with Gasteiger partial charge in [-0.1, -0.05) is 18.2 Å². The predicted molar refractivity (Wildman–Crippen MR) is 52.9 cm³/mol. The lowest BCUT2D eigenvalue weighted by molar-refractivity contribution is 0.856. The maximum atomic E-state index is 8.96. The first-order chi connectivity index (χ1) is 6.92. The van der Waals surface area contributed by atoms with E-state index in [-0.39, 0.29) is 5.92 Å². The molecular formula is C11H9N3. The van der Waals surface area contributed by atoms with Crippen LogP contribution in [0.4, 0.5) is 0 Å². The molecular weight excluding hydrogens is 174 g/mol. The Morgan fingerprint density at radius 3 is 2.86 bits per heavy atom. The fourth-order valence-electron chi connectivity index (χ4n) is 1.50. The molecule has 68 valence electrons. The first-order valence-electron chi connectivity index (χ1n) is 4.43. The molecule has 0 amide bonds. The lowest BCUT2D eigenvalue weighted by atomic mass is 9.89. The average Bonchev–Trinajstić information content (AvgIpc) is 2.30. The standard InChI is InChI=1S/C11H9N3/c12-5-9-3-1-2-4-11(9)10-6-13-8-14-7-10/h1-2,4,6-9H,3H2. The van der Waals surface area contributed by atoms with E-state index in [1.807, 2.05) is 18.2 Å². The Bertz CT molecular complexity index is 412. The van der Waals surface area contributed by atoms with Crippen LogP contribution < -0.4 is 0 Å². The van der Waals surface area contributed by atoms with E-state index >= 15 is 0 Å². The van der Waals surface area contributed by atoms with E-state index in [0.717, 1.165) is 17.6 Å². The quantitative estimate of drug-likeness (QED) is 0.668. The van der Waals surface area contributed by atoms with Crippen molar-refractivity contribution in [1.29, 1.82) is 5.26 Å². The predicted octanol–water partition coefficient (Wildman–Crippen LogP) is 1.96. The van der Waals surface area contributed by atoms with Gasteiger partial charge in [0, 0.05) is 18.0 Å². The van der Waals surface area contributed by atoms with Gasteiger partial charge < -0.3 is 0 Å². The molecule has 1 unspecified atom stereocenters. The zero-order chi connectivity index (χ0) is 9.80. The minimum absolute atomic E-state index is 0.0639. The van der Waals surface area contributed by atoms with Gasteiger partial charge in [0.2, 0.25) is 0 Å². The largest absolute Gasteiger partial charge is 0.244 e. The highest BCUT2D eigenvalue weighted by molar-refractivity contribution is 5.70. The van der Waals surface area contributed by atoms with Gasteiger partial charge in [-0.2, -0.15) is 5.26 Å². The van der Waals surface area contributed by atoms with Crippen molar-refractivity contribution in [3.05, 3.63) is 42.5 Å². The van der Waals surface area contributed by atoms with Gasteiger partial charge in [0.25, 0.3) is 0 Å². The first-order valence-corrected chi connectivity index (χ1v) is 4.43. The molecule has 0 fully saturated rings. The fraction of sp³-hybridized carbons (Fsp3) is 0.182. The summed E-state index contributed by atoms with van der Waals surface area (Å²) in [4.78, 5) is 7.89. The van der Waals surface area contributed by atoms with Gasteiger partial charge in [0.15, 0.2) is 0 Å². The van der Waals surface area contributed by atoms with E-state index in [1.54, 1.807) is 12.4 Å². The van der Waals surface area contributed by atoms with Crippen LogP contribution in [0.5, 0.6) is 0 Å². The van der Waals surface area contributed by atoms with Crippen molar-refractivity contribution in [2.75, 3.05) is 0 Å². The number of hydrogen-bond donors (Lipinski definition) is 0. The van der Waals surface area contributed by atoms with E-state index in [9.17, 15) is 0 Å². The van der Waals surface area contributed by atoms with Crippen LogP contribution in [0.2, 0.25) is 0 Å². The van der Waals surface area contributed by atoms with E-state index in [0.29, 0.717) is 0 Å². The molecule has 1 aliphatic carbocycles. The second-order valence-corrected chi connectivity index (χ2v) is 3.09. The topological polar surface area (TPSA) is 49.6 Å². The number of aromatic nitrogens is 2. The van der Waals surface area contributed by atoms with Crippen molar-refractivity contribution in [3.8, 4) is 6.07 Å². The highest BCUT2D eigenvalue weighted by atomic mass is 14.8. The molecule has 2 rings (SSSR count). The summed E-state index contributed by atoms with van der Waals surface area (Å²) in [6.07, 6.45) is 11.7. The van der Waals surface area contributed by atoms with Crippen LogP contribution in [-0.2, 0) is 0 Å². The molecule has 0 saturated carbocycles. The molecule has 1 aromatic heterocycles. The Morgan fingerprint density at radius 2 is 2.14 bits per heavy atom. The fourth-order valence-corrected chi connectivity index (χ4v) is 1.50. The van der Waals surface area contributed by atoms with Gasteiger partial charge in [-0.15, -0.1) is 0 Å². The Hall–Kier alpha value is -1.95. The number of nitrogens with zero attached hydrogens (tertiary/aromatic N) is 3. The lowest BCUT2D eigenvalue weighted by Gasteiger charge is -2.13. The minimum atomic E-state index is -0.0639. The van der Waals surface area contributed by atoms with Crippen molar-refractivity contribution in [3.63, 3.8) is 0 Å². The molecule has 0 aliphatic heterocycles. The van der Waals surface area contributed by atoms with Gasteiger partial charge in [0.1, 0.15) is 6.33 Å². The van der Waals surface area contributed by atoms with E-state index in [4.69, 9.17) is 5.26 Å². The van der Waals surface area contributed by atoms with Gasteiger partial charge >= 0.3 is 0 Å². The number of hydrogen-bond acceptors (Lipinski definition) is 3. The molecule has 14 heavy (non-hydrogen) atoms. The lowest BCUT2D eigenvalue weighted by Crippen LogP contribution is -2.03. The third-order valence-corrected chi connectivity index (χ3v) is 2.21. The molecule has 0 saturated heterocycles. The monoisotopic (exact) mass is 183 g/mol. The van der Waals surface area contributed by atoms with Crippen LogP contribution in [0.15, 0.2) is 36.9 Å². The van der Waals surface area contributed by atoms with Crippen LogP contribution in [0.25, 0.3) is 5.57 Å². The zero-order valence-electron chi connectivity index (χ0n) is 7.59. The summed E-state index contributed by atoms with van der Waals surface area (Å²) in [6, 6.07) is 2.28. The third kappa shape index (κ3) is 1.55. The highest BCUT2D eigenvalue weighted by Crippen LogP contribution is 2.27. The summed E-state index contributed by atoms with van der Waals surface area (Å²) in [5, 5.41) is 8.96. The third-order valence-electron chi connectivity index (χ3n) is 2.21. The average molecular weight is 183 g/mol. The highest BCUT2D eigenvalue weighted by Gasteiger charge is 2.16. The van der Waals surface area contributed by atoms with Crippen LogP contribution in [-0.4, -0.2) is 9.97 Å². The minimum Gasteiger partial charge on any atom is -0.244 e. The van der Waals surface area contributed by atoms with E-state index < -0.39 is 0 Å². The molecule has 3 nitrogen and oxygen atoms in total. The van der Waals surface area contributed by atoms with Crippen LogP contribution in [0.3, 0.4) is 0 Å². The van der Waals surface area contributed by atoms with E-state index in [1.165, 1.54) is 6.33 Å². The molecule has 3 heteroatoms. The smallest absolute Gasteiger partial charge is 0.115 e. The molecule has 0 bridgehead atoms. The maximum Gasteiger partial charge on any atom is 0.115 e. The summed E-state index contributed by atoms with van der Waals surface area (Å²) < 4.78 is 0. The van der Waals surface area contributed by atoms with Crippen molar-refractivity contribution < 1.29 is 0 Å². The SMILES string of the molecule is N#CC1CC=CC=C1c1cncnc1.